The Balaban J connectivity index is 4.01. The molecule has 0 saturated carbocycles. The monoisotopic (exact) mass is 169 g/mol. The molecule has 0 bridgehead atoms. The summed E-state index contributed by atoms with van der Waals surface area (Å²) >= 11 is 0. The van der Waals surface area contributed by atoms with Gasteiger partial charge in [0.05, 0.1) is 0 Å². The topological polar surface area (TPSA) is 26.0 Å². The van der Waals surface area contributed by atoms with Crippen molar-refractivity contribution in [1.29, 1.82) is 0 Å². The van der Waals surface area contributed by atoms with Gasteiger partial charge in [0.15, 0.2) is 0 Å². The lowest BCUT2D eigenvalue weighted by molar-refractivity contribution is 0.239. The highest BCUT2D eigenvalue weighted by Crippen LogP contribution is 2.29. The van der Waals surface area contributed by atoms with E-state index >= 15 is 0 Å². The van der Waals surface area contributed by atoms with Crippen LogP contribution in [0.4, 0.5) is 0 Å². The number of nitrogens with two attached hydrogens (primary N) is 1. The molecular weight excluding hydrogens is 146 g/mol. The molecule has 0 aromatic carbocycles. The van der Waals surface area contributed by atoms with Crippen molar-refractivity contribution in [3.05, 3.63) is 12.2 Å². The molecule has 2 unspecified atom stereocenters. The van der Waals surface area contributed by atoms with Gasteiger partial charge in [-0.3, -0.25) is 0 Å². The Hall–Kier alpha value is -0.300. The number of hydrogen-bond donors (Lipinski definition) is 1. The van der Waals surface area contributed by atoms with Crippen molar-refractivity contribution in [3.63, 3.8) is 0 Å². The zero-order valence-corrected chi connectivity index (χ0v) is 9.15. The third kappa shape index (κ3) is 3.91. The van der Waals surface area contributed by atoms with Gasteiger partial charge in [0.1, 0.15) is 0 Å². The van der Waals surface area contributed by atoms with Crippen LogP contribution in [0.5, 0.6) is 0 Å². The van der Waals surface area contributed by atoms with Crippen molar-refractivity contribution in [3.8, 4) is 0 Å². The van der Waals surface area contributed by atoms with E-state index in [1.165, 1.54) is 0 Å². The Kier molecular flexibility index (Phi) is 3.98. The second kappa shape index (κ2) is 4.08. The van der Waals surface area contributed by atoms with Crippen molar-refractivity contribution in [2.24, 2.45) is 17.1 Å². The molecular formula is C11H23N. The van der Waals surface area contributed by atoms with E-state index in [-0.39, 0.29) is 6.04 Å². The van der Waals surface area contributed by atoms with E-state index in [4.69, 9.17) is 5.73 Å². The van der Waals surface area contributed by atoms with Crippen LogP contribution in [-0.2, 0) is 0 Å². The van der Waals surface area contributed by atoms with Crippen LogP contribution < -0.4 is 5.73 Å². The van der Waals surface area contributed by atoms with Crippen molar-refractivity contribution in [2.45, 2.75) is 47.1 Å². The van der Waals surface area contributed by atoms with Crippen molar-refractivity contribution in [1.82, 2.24) is 0 Å². The van der Waals surface area contributed by atoms with Crippen LogP contribution in [0.3, 0.4) is 0 Å². The molecule has 0 aliphatic rings. The van der Waals surface area contributed by atoms with Gasteiger partial charge in [0.2, 0.25) is 0 Å². The number of rotatable bonds is 3. The summed E-state index contributed by atoms with van der Waals surface area (Å²) in [7, 11) is 0. The average molecular weight is 169 g/mol. The maximum Gasteiger partial charge on any atom is 0.0250 e. The quantitative estimate of drug-likeness (QED) is 0.646. The first-order valence-corrected chi connectivity index (χ1v) is 4.66. The fraction of sp³-hybridized carbons (Fsp3) is 0.818. The molecule has 0 rings (SSSR count). The zero-order chi connectivity index (χ0) is 9.94. The highest BCUT2D eigenvalue weighted by Gasteiger charge is 2.21. The van der Waals surface area contributed by atoms with Crippen LogP contribution in [0.2, 0.25) is 0 Å². The summed E-state index contributed by atoms with van der Waals surface area (Å²) in [5.41, 5.74) is 7.36. The lowest BCUT2D eigenvalue weighted by Crippen LogP contribution is -2.28. The molecule has 2 atom stereocenters. The van der Waals surface area contributed by atoms with Crippen molar-refractivity contribution < 1.29 is 0 Å². The Morgan fingerprint density at radius 1 is 1.42 bits per heavy atom. The van der Waals surface area contributed by atoms with Gasteiger partial charge in [-0.25, -0.2) is 0 Å². The predicted molar refractivity (Wildman–Crippen MR) is 56.0 cm³/mol. The van der Waals surface area contributed by atoms with E-state index in [0.717, 1.165) is 12.0 Å². The molecule has 0 spiro atoms. The third-order valence-corrected chi connectivity index (χ3v) is 2.72. The highest BCUT2D eigenvalue weighted by atomic mass is 14.6. The second-order valence-electron chi connectivity index (χ2n) is 4.96. The SMILES string of the molecule is C=C(C)C(N)CC(C)C(C)(C)C. The van der Waals surface area contributed by atoms with Gasteiger partial charge in [0.25, 0.3) is 0 Å². The standard InChI is InChI=1S/C11H23N/c1-8(2)10(12)7-9(3)11(4,5)6/h9-10H,1,7,12H2,2-6H3. The fourth-order valence-electron chi connectivity index (χ4n) is 0.936. The summed E-state index contributed by atoms with van der Waals surface area (Å²) in [6.45, 7) is 14.9. The van der Waals surface area contributed by atoms with Gasteiger partial charge in [-0.05, 0) is 24.7 Å². The highest BCUT2D eigenvalue weighted by molar-refractivity contribution is 5.00. The van der Waals surface area contributed by atoms with Crippen LogP contribution in [0.15, 0.2) is 12.2 Å². The molecule has 2 N–H and O–H groups in total. The first-order valence-electron chi connectivity index (χ1n) is 4.66. The van der Waals surface area contributed by atoms with E-state index in [2.05, 4.69) is 34.3 Å². The second-order valence-corrected chi connectivity index (χ2v) is 4.96. The van der Waals surface area contributed by atoms with Crippen LogP contribution >= 0.6 is 0 Å². The van der Waals surface area contributed by atoms with E-state index in [1.54, 1.807) is 0 Å². The normalized spacial score (nSPS) is 17.2. The summed E-state index contributed by atoms with van der Waals surface area (Å²) in [6.07, 6.45) is 1.04. The zero-order valence-electron chi connectivity index (χ0n) is 9.15. The van der Waals surface area contributed by atoms with Crippen LogP contribution in [0.25, 0.3) is 0 Å². The first-order chi connectivity index (χ1) is 5.25. The Morgan fingerprint density at radius 3 is 2.08 bits per heavy atom. The molecule has 0 radical (unpaired) electrons. The van der Waals surface area contributed by atoms with Crippen LogP contribution in [0.1, 0.15) is 41.0 Å². The Bertz CT molecular complexity index is 153. The van der Waals surface area contributed by atoms with Gasteiger partial charge in [0, 0.05) is 6.04 Å². The maximum absolute atomic E-state index is 5.91. The Labute approximate surface area is 77.0 Å². The maximum atomic E-state index is 5.91. The number of hydrogen-bond acceptors (Lipinski definition) is 1. The molecule has 0 aromatic rings. The molecule has 0 aliphatic carbocycles. The average Bonchev–Trinajstić information content (AvgIpc) is 1.85. The van der Waals surface area contributed by atoms with Gasteiger partial charge >= 0.3 is 0 Å². The van der Waals surface area contributed by atoms with Crippen molar-refractivity contribution in [2.75, 3.05) is 0 Å². The minimum absolute atomic E-state index is 0.166. The molecule has 0 aliphatic heterocycles. The summed E-state index contributed by atoms with van der Waals surface area (Å²) in [5.74, 6) is 0.643. The van der Waals surface area contributed by atoms with Crippen LogP contribution in [0, 0.1) is 11.3 Å². The summed E-state index contributed by atoms with van der Waals surface area (Å²) in [4.78, 5) is 0. The van der Waals surface area contributed by atoms with E-state index in [1.807, 2.05) is 6.92 Å². The molecule has 12 heavy (non-hydrogen) atoms. The lowest BCUT2D eigenvalue weighted by Gasteiger charge is -2.29. The third-order valence-electron chi connectivity index (χ3n) is 2.72. The van der Waals surface area contributed by atoms with Gasteiger partial charge in [-0.1, -0.05) is 39.8 Å². The first kappa shape index (κ1) is 11.7. The lowest BCUT2D eigenvalue weighted by atomic mass is 9.78. The summed E-state index contributed by atoms with van der Waals surface area (Å²) in [6, 6.07) is 0.166. The van der Waals surface area contributed by atoms with Crippen LogP contribution in [-0.4, -0.2) is 6.04 Å². The van der Waals surface area contributed by atoms with E-state index in [9.17, 15) is 0 Å². The minimum atomic E-state index is 0.166. The van der Waals surface area contributed by atoms with Gasteiger partial charge in [-0.2, -0.15) is 0 Å². The smallest absolute Gasteiger partial charge is 0.0250 e. The molecule has 0 saturated heterocycles. The van der Waals surface area contributed by atoms with Gasteiger partial charge in [-0.15, -0.1) is 0 Å². The Morgan fingerprint density at radius 2 is 1.83 bits per heavy atom. The summed E-state index contributed by atoms with van der Waals surface area (Å²) < 4.78 is 0. The van der Waals surface area contributed by atoms with E-state index in [0.29, 0.717) is 11.3 Å². The molecule has 0 amide bonds. The largest absolute Gasteiger partial charge is 0.324 e. The molecule has 1 heteroatoms. The van der Waals surface area contributed by atoms with Crippen molar-refractivity contribution >= 4 is 0 Å². The van der Waals surface area contributed by atoms with E-state index < -0.39 is 0 Å². The minimum Gasteiger partial charge on any atom is -0.324 e. The summed E-state index contributed by atoms with van der Waals surface area (Å²) in [5, 5.41) is 0. The molecule has 1 nitrogen and oxygen atoms in total. The molecule has 0 fully saturated rings. The van der Waals surface area contributed by atoms with Gasteiger partial charge < -0.3 is 5.73 Å². The fourth-order valence-corrected chi connectivity index (χ4v) is 0.936. The predicted octanol–water partition coefficient (Wildman–Crippen LogP) is 2.96. The molecule has 72 valence electrons. The molecule has 0 heterocycles. The molecule has 0 aromatic heterocycles.